The quantitative estimate of drug-likeness (QED) is 0.717. The molecule has 1 atom stereocenters. The van der Waals surface area contributed by atoms with Crippen LogP contribution in [0.4, 0.5) is 0 Å². The molecule has 0 bridgehead atoms. The van der Waals surface area contributed by atoms with Crippen molar-refractivity contribution in [2.24, 2.45) is 0 Å². The van der Waals surface area contributed by atoms with Gasteiger partial charge in [-0.05, 0) is 26.3 Å². The van der Waals surface area contributed by atoms with Crippen LogP contribution < -0.4 is 5.32 Å². The SMILES string of the molecule is CC#CCNC(C)c1ccc(C)cc1. The highest BCUT2D eigenvalue weighted by Crippen LogP contribution is 2.12. The molecule has 0 saturated heterocycles. The topological polar surface area (TPSA) is 12.0 Å². The van der Waals surface area contributed by atoms with Crippen molar-refractivity contribution in [3.8, 4) is 11.8 Å². The summed E-state index contributed by atoms with van der Waals surface area (Å²) in [6.45, 7) is 6.87. The number of benzene rings is 1. The second-order valence-electron chi connectivity index (χ2n) is 3.44. The minimum atomic E-state index is 0.372. The van der Waals surface area contributed by atoms with Gasteiger partial charge in [-0.1, -0.05) is 35.7 Å². The number of nitrogens with one attached hydrogen (secondary N) is 1. The summed E-state index contributed by atoms with van der Waals surface area (Å²) in [4.78, 5) is 0. The lowest BCUT2D eigenvalue weighted by molar-refractivity contribution is 0.623. The molecule has 1 nitrogen and oxygen atoms in total. The van der Waals surface area contributed by atoms with Gasteiger partial charge in [-0.2, -0.15) is 0 Å². The lowest BCUT2D eigenvalue weighted by Crippen LogP contribution is -2.18. The maximum absolute atomic E-state index is 3.35. The molecule has 0 saturated carbocycles. The molecule has 1 aromatic rings. The van der Waals surface area contributed by atoms with Crippen molar-refractivity contribution in [1.82, 2.24) is 5.32 Å². The predicted molar refractivity (Wildman–Crippen MR) is 61.0 cm³/mol. The van der Waals surface area contributed by atoms with Gasteiger partial charge in [-0.3, -0.25) is 5.32 Å². The Bertz CT molecular complexity index is 326. The third-order valence-corrected chi connectivity index (χ3v) is 2.25. The highest BCUT2D eigenvalue weighted by atomic mass is 14.9. The molecule has 0 fully saturated rings. The van der Waals surface area contributed by atoms with E-state index in [-0.39, 0.29) is 0 Å². The molecular weight excluding hydrogens is 170 g/mol. The Hall–Kier alpha value is -1.26. The standard InChI is InChI=1S/C13H17N/c1-4-5-10-14-12(3)13-8-6-11(2)7-9-13/h6-9,12,14H,10H2,1-3H3. The molecule has 14 heavy (non-hydrogen) atoms. The van der Waals surface area contributed by atoms with E-state index in [0.29, 0.717) is 6.04 Å². The molecule has 1 heteroatoms. The van der Waals surface area contributed by atoms with E-state index in [1.54, 1.807) is 0 Å². The summed E-state index contributed by atoms with van der Waals surface area (Å²) in [7, 11) is 0. The maximum Gasteiger partial charge on any atom is 0.0581 e. The van der Waals surface area contributed by atoms with E-state index in [9.17, 15) is 0 Å². The lowest BCUT2D eigenvalue weighted by Gasteiger charge is -2.12. The van der Waals surface area contributed by atoms with Crippen LogP contribution in [0.15, 0.2) is 24.3 Å². The number of hydrogen-bond acceptors (Lipinski definition) is 1. The molecule has 0 spiro atoms. The number of aryl methyl sites for hydroxylation is 1. The van der Waals surface area contributed by atoms with E-state index < -0.39 is 0 Å². The van der Waals surface area contributed by atoms with E-state index in [1.165, 1.54) is 11.1 Å². The molecule has 1 rings (SSSR count). The molecule has 1 N–H and O–H groups in total. The van der Waals surface area contributed by atoms with Crippen LogP contribution in [0, 0.1) is 18.8 Å². The fourth-order valence-corrected chi connectivity index (χ4v) is 1.27. The van der Waals surface area contributed by atoms with Gasteiger partial charge in [-0.25, -0.2) is 0 Å². The minimum Gasteiger partial charge on any atom is -0.300 e. The Morgan fingerprint density at radius 1 is 1.29 bits per heavy atom. The monoisotopic (exact) mass is 187 g/mol. The summed E-state index contributed by atoms with van der Waals surface area (Å²) < 4.78 is 0. The van der Waals surface area contributed by atoms with E-state index in [4.69, 9.17) is 0 Å². The molecule has 74 valence electrons. The van der Waals surface area contributed by atoms with Crippen molar-refractivity contribution in [1.29, 1.82) is 0 Å². The molecule has 0 aromatic heterocycles. The zero-order chi connectivity index (χ0) is 10.4. The first-order valence-electron chi connectivity index (χ1n) is 4.93. The molecule has 1 unspecified atom stereocenters. The molecule has 1 aromatic carbocycles. The maximum atomic E-state index is 3.35. The van der Waals surface area contributed by atoms with Crippen LogP contribution in [0.2, 0.25) is 0 Å². The fraction of sp³-hybridized carbons (Fsp3) is 0.385. The Balaban J connectivity index is 2.54. The predicted octanol–water partition coefficient (Wildman–Crippen LogP) is 2.67. The Morgan fingerprint density at radius 3 is 2.50 bits per heavy atom. The second kappa shape index (κ2) is 5.47. The third kappa shape index (κ3) is 3.24. The van der Waals surface area contributed by atoms with E-state index in [2.05, 4.69) is 55.3 Å². The molecule has 0 amide bonds. The Kier molecular flexibility index (Phi) is 4.22. The molecule has 0 heterocycles. The summed E-state index contributed by atoms with van der Waals surface area (Å²) >= 11 is 0. The van der Waals surface area contributed by atoms with Gasteiger partial charge in [0.2, 0.25) is 0 Å². The van der Waals surface area contributed by atoms with Crippen LogP contribution in [0.3, 0.4) is 0 Å². The normalized spacial score (nSPS) is 11.6. The summed E-state index contributed by atoms with van der Waals surface area (Å²) in [5.41, 5.74) is 2.61. The molecule has 0 aliphatic rings. The van der Waals surface area contributed by atoms with Gasteiger partial charge in [0, 0.05) is 6.04 Å². The molecule has 0 aliphatic heterocycles. The van der Waals surface area contributed by atoms with Gasteiger partial charge in [-0.15, -0.1) is 5.92 Å². The molecule has 0 radical (unpaired) electrons. The van der Waals surface area contributed by atoms with Crippen molar-refractivity contribution in [2.45, 2.75) is 26.8 Å². The van der Waals surface area contributed by atoms with Gasteiger partial charge in [0.15, 0.2) is 0 Å². The first kappa shape index (κ1) is 10.8. The highest BCUT2D eigenvalue weighted by Gasteiger charge is 2.01. The van der Waals surface area contributed by atoms with Crippen molar-refractivity contribution in [2.75, 3.05) is 6.54 Å². The summed E-state index contributed by atoms with van der Waals surface area (Å²) in [6.07, 6.45) is 0. The van der Waals surface area contributed by atoms with Gasteiger partial charge < -0.3 is 0 Å². The first-order valence-corrected chi connectivity index (χ1v) is 4.93. The van der Waals surface area contributed by atoms with Crippen LogP contribution in [-0.4, -0.2) is 6.54 Å². The van der Waals surface area contributed by atoms with E-state index in [0.717, 1.165) is 6.54 Å². The molecule has 0 aliphatic carbocycles. The van der Waals surface area contributed by atoms with Crippen LogP contribution in [-0.2, 0) is 0 Å². The summed E-state index contributed by atoms with van der Waals surface area (Å²) in [5, 5.41) is 3.35. The van der Waals surface area contributed by atoms with Crippen LogP contribution in [0.1, 0.15) is 31.0 Å². The second-order valence-corrected chi connectivity index (χ2v) is 3.44. The average Bonchev–Trinajstić information content (AvgIpc) is 2.19. The minimum absolute atomic E-state index is 0.372. The van der Waals surface area contributed by atoms with Crippen molar-refractivity contribution in [3.63, 3.8) is 0 Å². The number of rotatable bonds is 3. The van der Waals surface area contributed by atoms with Gasteiger partial charge >= 0.3 is 0 Å². The Labute approximate surface area is 86.5 Å². The smallest absolute Gasteiger partial charge is 0.0581 e. The average molecular weight is 187 g/mol. The number of hydrogen-bond donors (Lipinski definition) is 1. The summed E-state index contributed by atoms with van der Waals surface area (Å²) in [5.74, 6) is 5.87. The fourth-order valence-electron chi connectivity index (χ4n) is 1.27. The van der Waals surface area contributed by atoms with Gasteiger partial charge in [0.1, 0.15) is 0 Å². The molecular formula is C13H17N. The van der Waals surface area contributed by atoms with Gasteiger partial charge in [0.25, 0.3) is 0 Å². The van der Waals surface area contributed by atoms with E-state index in [1.807, 2.05) is 6.92 Å². The Morgan fingerprint density at radius 2 is 1.93 bits per heavy atom. The van der Waals surface area contributed by atoms with Gasteiger partial charge in [0.05, 0.1) is 6.54 Å². The lowest BCUT2D eigenvalue weighted by atomic mass is 10.1. The zero-order valence-electron chi connectivity index (χ0n) is 9.09. The van der Waals surface area contributed by atoms with Crippen LogP contribution >= 0.6 is 0 Å². The summed E-state index contributed by atoms with van der Waals surface area (Å²) in [6, 6.07) is 8.97. The first-order chi connectivity index (χ1) is 6.74. The van der Waals surface area contributed by atoms with E-state index >= 15 is 0 Å². The zero-order valence-corrected chi connectivity index (χ0v) is 9.09. The highest BCUT2D eigenvalue weighted by molar-refractivity contribution is 5.23. The van der Waals surface area contributed by atoms with Crippen molar-refractivity contribution >= 4 is 0 Å². The van der Waals surface area contributed by atoms with Crippen LogP contribution in [0.5, 0.6) is 0 Å². The van der Waals surface area contributed by atoms with Crippen molar-refractivity contribution in [3.05, 3.63) is 35.4 Å². The largest absolute Gasteiger partial charge is 0.300 e. The third-order valence-electron chi connectivity index (χ3n) is 2.25. The van der Waals surface area contributed by atoms with Crippen molar-refractivity contribution < 1.29 is 0 Å². The van der Waals surface area contributed by atoms with Crippen LogP contribution in [0.25, 0.3) is 0 Å².